The Kier molecular flexibility index (Phi) is 3.04. The van der Waals surface area contributed by atoms with Gasteiger partial charge in [-0.1, -0.05) is 19.9 Å². The molecule has 1 aromatic heterocycles. The van der Waals surface area contributed by atoms with Gasteiger partial charge in [0.15, 0.2) is 0 Å². The van der Waals surface area contributed by atoms with Crippen LogP contribution >= 0.6 is 0 Å². The van der Waals surface area contributed by atoms with E-state index in [1.807, 2.05) is 6.07 Å². The Labute approximate surface area is 101 Å². The van der Waals surface area contributed by atoms with Crippen LogP contribution in [0.1, 0.15) is 25.3 Å². The molecule has 1 heterocycles. The van der Waals surface area contributed by atoms with Gasteiger partial charge in [0.1, 0.15) is 11.6 Å². The first-order valence-corrected chi connectivity index (χ1v) is 5.61. The Balaban J connectivity index is 2.48. The second-order valence-electron chi connectivity index (χ2n) is 4.32. The summed E-state index contributed by atoms with van der Waals surface area (Å²) < 4.78 is 5.41. The van der Waals surface area contributed by atoms with Crippen molar-refractivity contribution in [1.29, 1.82) is 0 Å². The van der Waals surface area contributed by atoms with Gasteiger partial charge in [-0.2, -0.15) is 5.10 Å². The van der Waals surface area contributed by atoms with Crippen molar-refractivity contribution in [1.82, 2.24) is 10.2 Å². The zero-order valence-electron chi connectivity index (χ0n) is 10.3. The zero-order valence-corrected chi connectivity index (χ0v) is 10.3. The molecule has 0 saturated carbocycles. The quantitative estimate of drug-likeness (QED) is 0.853. The van der Waals surface area contributed by atoms with Crippen molar-refractivity contribution >= 4 is 5.82 Å². The van der Waals surface area contributed by atoms with E-state index in [0.29, 0.717) is 11.7 Å². The van der Waals surface area contributed by atoms with E-state index in [2.05, 4.69) is 36.2 Å². The van der Waals surface area contributed by atoms with E-state index in [-0.39, 0.29) is 0 Å². The van der Waals surface area contributed by atoms with Crippen LogP contribution < -0.4 is 10.5 Å². The van der Waals surface area contributed by atoms with E-state index in [4.69, 9.17) is 10.5 Å². The number of nitrogens with one attached hydrogen (secondary N) is 1. The molecule has 3 N–H and O–H groups in total. The van der Waals surface area contributed by atoms with Gasteiger partial charge in [0.05, 0.1) is 12.8 Å². The molecule has 0 fully saturated rings. The predicted octanol–water partition coefficient (Wildman–Crippen LogP) is 2.79. The van der Waals surface area contributed by atoms with Gasteiger partial charge in [-0.05, 0) is 23.6 Å². The SMILES string of the molecule is COc1cc(C(C)C)ccc1-c1cc(N)n[nH]1. The summed E-state index contributed by atoms with van der Waals surface area (Å²) in [5.74, 6) is 1.79. The Morgan fingerprint density at radius 2 is 2.06 bits per heavy atom. The number of rotatable bonds is 3. The summed E-state index contributed by atoms with van der Waals surface area (Å²) in [6.07, 6.45) is 0. The maximum atomic E-state index is 5.60. The third-order valence-corrected chi connectivity index (χ3v) is 2.78. The van der Waals surface area contributed by atoms with Crippen LogP contribution in [0.25, 0.3) is 11.3 Å². The highest BCUT2D eigenvalue weighted by Crippen LogP contribution is 2.32. The van der Waals surface area contributed by atoms with Gasteiger partial charge in [-0.25, -0.2) is 0 Å². The molecule has 4 heteroatoms. The Morgan fingerprint density at radius 1 is 1.29 bits per heavy atom. The van der Waals surface area contributed by atoms with E-state index in [1.54, 1.807) is 13.2 Å². The number of nitrogens with zero attached hydrogens (tertiary/aromatic N) is 1. The average molecular weight is 231 g/mol. The maximum Gasteiger partial charge on any atom is 0.145 e. The number of nitrogens with two attached hydrogens (primary N) is 1. The molecule has 0 saturated heterocycles. The monoisotopic (exact) mass is 231 g/mol. The van der Waals surface area contributed by atoms with Gasteiger partial charge in [-0.3, -0.25) is 5.10 Å². The van der Waals surface area contributed by atoms with Gasteiger partial charge >= 0.3 is 0 Å². The number of hydrogen-bond acceptors (Lipinski definition) is 3. The molecular weight excluding hydrogens is 214 g/mol. The first-order valence-electron chi connectivity index (χ1n) is 5.61. The summed E-state index contributed by atoms with van der Waals surface area (Å²) in [7, 11) is 1.67. The molecule has 0 aliphatic rings. The highest BCUT2D eigenvalue weighted by molar-refractivity contribution is 5.69. The van der Waals surface area contributed by atoms with Gasteiger partial charge < -0.3 is 10.5 Å². The second kappa shape index (κ2) is 4.49. The maximum absolute atomic E-state index is 5.60. The van der Waals surface area contributed by atoms with Gasteiger partial charge in [-0.15, -0.1) is 0 Å². The fourth-order valence-electron chi connectivity index (χ4n) is 1.76. The molecule has 0 spiro atoms. The van der Waals surface area contributed by atoms with E-state index < -0.39 is 0 Å². The first kappa shape index (κ1) is 11.5. The second-order valence-corrected chi connectivity index (χ2v) is 4.32. The molecule has 1 aromatic carbocycles. The molecule has 4 nitrogen and oxygen atoms in total. The van der Waals surface area contributed by atoms with Crippen molar-refractivity contribution in [3.63, 3.8) is 0 Å². The Bertz CT molecular complexity index is 517. The molecule has 0 unspecified atom stereocenters. The van der Waals surface area contributed by atoms with E-state index >= 15 is 0 Å². The molecular formula is C13H17N3O. The molecule has 0 amide bonds. The average Bonchev–Trinajstić information content (AvgIpc) is 2.74. The molecule has 2 aromatic rings. The Hall–Kier alpha value is -1.97. The van der Waals surface area contributed by atoms with E-state index in [1.165, 1.54) is 5.56 Å². The van der Waals surface area contributed by atoms with Crippen molar-refractivity contribution in [2.75, 3.05) is 12.8 Å². The normalized spacial score (nSPS) is 10.8. The molecule has 2 rings (SSSR count). The summed E-state index contributed by atoms with van der Waals surface area (Å²) in [4.78, 5) is 0. The number of aromatic nitrogens is 2. The fraction of sp³-hybridized carbons (Fsp3) is 0.308. The topological polar surface area (TPSA) is 63.9 Å². The number of anilines is 1. The molecule has 0 aliphatic heterocycles. The lowest BCUT2D eigenvalue weighted by Gasteiger charge is -2.11. The van der Waals surface area contributed by atoms with Crippen LogP contribution in [0.15, 0.2) is 24.3 Å². The number of benzene rings is 1. The highest BCUT2D eigenvalue weighted by atomic mass is 16.5. The minimum Gasteiger partial charge on any atom is -0.496 e. The van der Waals surface area contributed by atoms with Crippen molar-refractivity contribution in [2.24, 2.45) is 0 Å². The summed E-state index contributed by atoms with van der Waals surface area (Å²) >= 11 is 0. The van der Waals surface area contributed by atoms with Crippen molar-refractivity contribution in [3.05, 3.63) is 29.8 Å². The van der Waals surface area contributed by atoms with Crippen LogP contribution in [0.4, 0.5) is 5.82 Å². The first-order chi connectivity index (χ1) is 8.11. The number of H-pyrrole nitrogens is 1. The molecule has 0 radical (unpaired) electrons. The van der Waals surface area contributed by atoms with E-state index in [9.17, 15) is 0 Å². The standard InChI is InChI=1S/C13H17N3O/c1-8(2)9-4-5-10(12(6-9)17-3)11-7-13(14)16-15-11/h4-8H,1-3H3,(H3,14,15,16). The van der Waals surface area contributed by atoms with Crippen molar-refractivity contribution in [2.45, 2.75) is 19.8 Å². The van der Waals surface area contributed by atoms with Crippen LogP contribution in [-0.4, -0.2) is 17.3 Å². The minimum absolute atomic E-state index is 0.477. The number of ether oxygens (including phenoxy) is 1. The predicted molar refractivity (Wildman–Crippen MR) is 69.1 cm³/mol. The lowest BCUT2D eigenvalue weighted by atomic mass is 10.00. The third-order valence-electron chi connectivity index (χ3n) is 2.78. The Morgan fingerprint density at radius 3 is 2.59 bits per heavy atom. The van der Waals surface area contributed by atoms with Crippen molar-refractivity contribution in [3.8, 4) is 17.0 Å². The lowest BCUT2D eigenvalue weighted by molar-refractivity contribution is 0.415. The van der Waals surface area contributed by atoms with Gasteiger partial charge in [0.25, 0.3) is 0 Å². The lowest BCUT2D eigenvalue weighted by Crippen LogP contribution is -1.93. The molecule has 0 aliphatic carbocycles. The fourth-order valence-corrected chi connectivity index (χ4v) is 1.76. The van der Waals surface area contributed by atoms with Crippen LogP contribution in [0.3, 0.4) is 0 Å². The van der Waals surface area contributed by atoms with Gasteiger partial charge in [0, 0.05) is 11.6 Å². The zero-order chi connectivity index (χ0) is 12.4. The van der Waals surface area contributed by atoms with Crippen molar-refractivity contribution < 1.29 is 4.74 Å². The summed E-state index contributed by atoms with van der Waals surface area (Å²) in [6, 6.07) is 7.98. The summed E-state index contributed by atoms with van der Waals surface area (Å²) in [5, 5.41) is 6.81. The number of aromatic amines is 1. The third kappa shape index (κ3) is 2.25. The van der Waals surface area contributed by atoms with Crippen LogP contribution in [0, 0.1) is 0 Å². The minimum atomic E-state index is 0.477. The van der Waals surface area contributed by atoms with E-state index in [0.717, 1.165) is 17.0 Å². The number of hydrogen-bond donors (Lipinski definition) is 2. The molecule has 90 valence electrons. The molecule has 0 atom stereocenters. The molecule has 17 heavy (non-hydrogen) atoms. The van der Waals surface area contributed by atoms with Gasteiger partial charge in [0.2, 0.25) is 0 Å². The smallest absolute Gasteiger partial charge is 0.145 e. The summed E-state index contributed by atoms with van der Waals surface area (Å²) in [6.45, 7) is 4.31. The number of nitrogen functional groups attached to an aromatic ring is 1. The van der Waals surface area contributed by atoms with Crippen LogP contribution in [0.5, 0.6) is 5.75 Å². The molecule has 0 bridgehead atoms. The summed E-state index contributed by atoms with van der Waals surface area (Å²) in [5.41, 5.74) is 8.69. The largest absolute Gasteiger partial charge is 0.496 e. The van der Waals surface area contributed by atoms with Crippen LogP contribution in [-0.2, 0) is 0 Å². The highest BCUT2D eigenvalue weighted by Gasteiger charge is 2.10. The number of methoxy groups -OCH3 is 1. The van der Waals surface area contributed by atoms with Crippen LogP contribution in [0.2, 0.25) is 0 Å².